The summed E-state index contributed by atoms with van der Waals surface area (Å²) in [5, 5.41) is 3.16. The normalized spacial score (nSPS) is 16.2. The smallest absolute Gasteiger partial charge is 0.256 e. The van der Waals surface area contributed by atoms with E-state index in [4.69, 9.17) is 0 Å². The predicted molar refractivity (Wildman–Crippen MR) is 67.9 cm³/mol. The highest BCUT2D eigenvalue weighted by molar-refractivity contribution is 14.1. The van der Waals surface area contributed by atoms with Crippen molar-refractivity contribution in [3.05, 3.63) is 33.1 Å². The number of carbonyl (C=O) groups is 1. The Bertz CT molecular complexity index is 405. The zero-order chi connectivity index (χ0) is 11.5. The lowest BCUT2D eigenvalue weighted by molar-refractivity contribution is 0.0731. The molecule has 0 bridgehead atoms. The van der Waals surface area contributed by atoms with E-state index < -0.39 is 5.82 Å². The van der Waals surface area contributed by atoms with Gasteiger partial charge in [0.2, 0.25) is 0 Å². The lowest BCUT2D eigenvalue weighted by Crippen LogP contribution is -2.46. The lowest BCUT2D eigenvalue weighted by Gasteiger charge is -2.27. The lowest BCUT2D eigenvalue weighted by atomic mass is 10.1. The summed E-state index contributed by atoms with van der Waals surface area (Å²) in [5.74, 6) is -0.651. The molecule has 0 aromatic heterocycles. The topological polar surface area (TPSA) is 32.3 Å². The van der Waals surface area contributed by atoms with Crippen molar-refractivity contribution in [3.8, 4) is 0 Å². The summed E-state index contributed by atoms with van der Waals surface area (Å²) in [6, 6.07) is 4.60. The monoisotopic (exact) mass is 334 g/mol. The number of nitrogens with zero attached hydrogens (tertiary/aromatic N) is 1. The van der Waals surface area contributed by atoms with E-state index in [-0.39, 0.29) is 11.5 Å². The highest BCUT2D eigenvalue weighted by atomic mass is 127. The number of rotatable bonds is 1. The van der Waals surface area contributed by atoms with Crippen molar-refractivity contribution in [3.63, 3.8) is 0 Å². The highest BCUT2D eigenvalue weighted by Gasteiger charge is 2.20. The summed E-state index contributed by atoms with van der Waals surface area (Å²) in [4.78, 5) is 13.7. The Morgan fingerprint density at radius 1 is 1.38 bits per heavy atom. The second kappa shape index (κ2) is 5.09. The van der Waals surface area contributed by atoms with E-state index in [1.807, 2.05) is 0 Å². The fraction of sp³-hybridized carbons (Fsp3) is 0.364. The number of amides is 1. The second-order valence-electron chi connectivity index (χ2n) is 3.67. The van der Waals surface area contributed by atoms with Gasteiger partial charge in [-0.05, 0) is 40.8 Å². The SMILES string of the molecule is O=C(c1cc(I)ccc1F)N1CCNCC1. The van der Waals surface area contributed by atoms with Gasteiger partial charge < -0.3 is 10.2 Å². The number of hydrogen-bond acceptors (Lipinski definition) is 2. The number of hydrogen-bond donors (Lipinski definition) is 1. The van der Waals surface area contributed by atoms with E-state index in [1.165, 1.54) is 6.07 Å². The molecule has 0 aliphatic carbocycles. The molecular formula is C11H12FIN2O. The quantitative estimate of drug-likeness (QED) is 0.789. The first-order valence-electron chi connectivity index (χ1n) is 5.13. The molecule has 0 unspecified atom stereocenters. The molecule has 0 atom stereocenters. The summed E-state index contributed by atoms with van der Waals surface area (Å²) < 4.78 is 14.4. The Morgan fingerprint density at radius 2 is 2.06 bits per heavy atom. The molecule has 1 aliphatic heterocycles. The van der Waals surface area contributed by atoms with Crippen molar-refractivity contribution in [2.45, 2.75) is 0 Å². The summed E-state index contributed by atoms with van der Waals surface area (Å²) >= 11 is 2.08. The molecule has 1 aromatic rings. The maximum atomic E-state index is 13.5. The molecule has 1 aliphatic rings. The molecule has 16 heavy (non-hydrogen) atoms. The van der Waals surface area contributed by atoms with Crippen LogP contribution in [0.5, 0.6) is 0 Å². The minimum atomic E-state index is -0.441. The van der Waals surface area contributed by atoms with Gasteiger partial charge >= 0.3 is 0 Å². The van der Waals surface area contributed by atoms with E-state index in [0.29, 0.717) is 13.1 Å². The van der Waals surface area contributed by atoms with Crippen LogP contribution in [0.25, 0.3) is 0 Å². The van der Waals surface area contributed by atoms with Crippen LogP contribution in [0.15, 0.2) is 18.2 Å². The number of halogens is 2. The van der Waals surface area contributed by atoms with Gasteiger partial charge in [0.25, 0.3) is 5.91 Å². The van der Waals surface area contributed by atoms with Crippen molar-refractivity contribution in [1.29, 1.82) is 0 Å². The molecule has 0 spiro atoms. The first-order chi connectivity index (χ1) is 7.68. The Labute approximate surface area is 107 Å². The highest BCUT2D eigenvalue weighted by Crippen LogP contribution is 2.15. The van der Waals surface area contributed by atoms with E-state index in [9.17, 15) is 9.18 Å². The van der Waals surface area contributed by atoms with Crippen LogP contribution in [0.3, 0.4) is 0 Å². The molecule has 0 radical (unpaired) electrons. The van der Waals surface area contributed by atoms with Crippen molar-refractivity contribution in [2.24, 2.45) is 0 Å². The zero-order valence-corrected chi connectivity index (χ0v) is 10.8. The van der Waals surface area contributed by atoms with Crippen molar-refractivity contribution in [1.82, 2.24) is 10.2 Å². The Kier molecular flexibility index (Phi) is 3.75. The fourth-order valence-electron chi connectivity index (χ4n) is 1.70. The maximum absolute atomic E-state index is 13.5. The van der Waals surface area contributed by atoms with Gasteiger partial charge in [-0.3, -0.25) is 4.79 Å². The van der Waals surface area contributed by atoms with Gasteiger partial charge in [-0.25, -0.2) is 4.39 Å². The Morgan fingerprint density at radius 3 is 2.75 bits per heavy atom. The molecule has 0 saturated carbocycles. The standard InChI is InChI=1S/C11H12FIN2O/c12-10-2-1-8(13)7-9(10)11(16)15-5-3-14-4-6-15/h1-2,7,14H,3-6H2. The van der Waals surface area contributed by atoms with Crippen molar-refractivity contribution < 1.29 is 9.18 Å². The van der Waals surface area contributed by atoms with Gasteiger partial charge in [-0.2, -0.15) is 0 Å². The molecule has 1 fully saturated rings. The minimum absolute atomic E-state index is 0.175. The molecule has 1 N–H and O–H groups in total. The van der Waals surface area contributed by atoms with Gasteiger partial charge in [0.05, 0.1) is 5.56 Å². The summed E-state index contributed by atoms with van der Waals surface area (Å²) in [6.07, 6.45) is 0. The minimum Gasteiger partial charge on any atom is -0.336 e. The van der Waals surface area contributed by atoms with Crippen molar-refractivity contribution >= 4 is 28.5 Å². The Balaban J connectivity index is 2.22. The number of benzene rings is 1. The van der Waals surface area contributed by atoms with Gasteiger partial charge in [-0.15, -0.1) is 0 Å². The van der Waals surface area contributed by atoms with E-state index >= 15 is 0 Å². The molecule has 5 heteroatoms. The number of nitrogens with one attached hydrogen (secondary N) is 1. The average Bonchev–Trinajstić information content (AvgIpc) is 2.32. The van der Waals surface area contributed by atoms with Crippen LogP contribution in [0.1, 0.15) is 10.4 Å². The summed E-state index contributed by atoms with van der Waals surface area (Å²) in [5.41, 5.74) is 0.175. The third kappa shape index (κ3) is 2.52. The zero-order valence-electron chi connectivity index (χ0n) is 8.67. The van der Waals surface area contributed by atoms with Gasteiger partial charge in [-0.1, -0.05) is 0 Å². The molecule has 1 amide bonds. The number of piperazine rings is 1. The molecule has 3 nitrogen and oxygen atoms in total. The van der Waals surface area contributed by atoms with Crippen LogP contribution in [0.2, 0.25) is 0 Å². The van der Waals surface area contributed by atoms with Gasteiger partial charge in [0, 0.05) is 29.7 Å². The van der Waals surface area contributed by atoms with E-state index in [0.717, 1.165) is 16.7 Å². The van der Waals surface area contributed by atoms with Crippen molar-refractivity contribution in [2.75, 3.05) is 26.2 Å². The van der Waals surface area contributed by atoms with E-state index in [1.54, 1.807) is 17.0 Å². The molecular weight excluding hydrogens is 322 g/mol. The van der Waals surface area contributed by atoms with Crippen LogP contribution >= 0.6 is 22.6 Å². The first-order valence-corrected chi connectivity index (χ1v) is 6.21. The van der Waals surface area contributed by atoms with Gasteiger partial charge in [0.15, 0.2) is 0 Å². The molecule has 1 aromatic carbocycles. The largest absolute Gasteiger partial charge is 0.336 e. The Hall–Kier alpha value is -0.690. The predicted octanol–water partition coefficient (Wildman–Crippen LogP) is 1.48. The maximum Gasteiger partial charge on any atom is 0.256 e. The van der Waals surface area contributed by atoms with Crippen LogP contribution in [0.4, 0.5) is 4.39 Å². The third-order valence-corrected chi connectivity index (χ3v) is 3.23. The number of carbonyl (C=O) groups excluding carboxylic acids is 1. The van der Waals surface area contributed by atoms with Crippen LogP contribution < -0.4 is 5.32 Å². The molecule has 86 valence electrons. The van der Waals surface area contributed by atoms with Crippen LogP contribution in [-0.2, 0) is 0 Å². The molecule has 2 rings (SSSR count). The molecule has 1 saturated heterocycles. The van der Waals surface area contributed by atoms with Crippen LogP contribution in [0, 0.1) is 9.39 Å². The average molecular weight is 334 g/mol. The summed E-state index contributed by atoms with van der Waals surface area (Å²) in [6.45, 7) is 2.84. The second-order valence-corrected chi connectivity index (χ2v) is 4.91. The third-order valence-electron chi connectivity index (χ3n) is 2.56. The van der Waals surface area contributed by atoms with Crippen LogP contribution in [-0.4, -0.2) is 37.0 Å². The summed E-state index contributed by atoms with van der Waals surface area (Å²) in [7, 11) is 0. The molecule has 1 heterocycles. The fourth-order valence-corrected chi connectivity index (χ4v) is 2.19. The first kappa shape index (κ1) is 11.8. The van der Waals surface area contributed by atoms with E-state index in [2.05, 4.69) is 27.9 Å². The van der Waals surface area contributed by atoms with Gasteiger partial charge in [0.1, 0.15) is 5.82 Å².